The van der Waals surface area contributed by atoms with Gasteiger partial charge in [0.25, 0.3) is 0 Å². The van der Waals surface area contributed by atoms with E-state index in [1.165, 1.54) is 0 Å². The summed E-state index contributed by atoms with van der Waals surface area (Å²) in [5, 5.41) is 6.95. The van der Waals surface area contributed by atoms with Crippen molar-refractivity contribution in [2.24, 2.45) is 0 Å². The van der Waals surface area contributed by atoms with E-state index in [2.05, 4.69) is 10.4 Å². The lowest BCUT2D eigenvalue weighted by molar-refractivity contribution is -0.124. The van der Waals surface area contributed by atoms with E-state index in [4.69, 9.17) is 0 Å². The van der Waals surface area contributed by atoms with E-state index >= 15 is 0 Å². The maximum absolute atomic E-state index is 11.6. The summed E-state index contributed by atoms with van der Waals surface area (Å²) >= 11 is 0. The predicted octanol–water partition coefficient (Wildman–Crippen LogP) is 1.28. The summed E-state index contributed by atoms with van der Waals surface area (Å²) in [5.74, 6) is 0.0265. The van der Waals surface area contributed by atoms with Crippen LogP contribution in [0.1, 0.15) is 32.0 Å². The number of hydrogen-bond donors (Lipinski definition) is 1. The normalized spacial score (nSPS) is 12.5. The Morgan fingerprint density at radius 2 is 2.43 bits per heavy atom. The largest absolute Gasteiger partial charge is 0.354 e. The molecule has 0 saturated carbocycles. The standard InChI is InChI=1S/C10H17N3O/c1-4-6-11-10(14)9(3)13-8(2)5-7-12-13/h5,7,9H,4,6H2,1-3H3,(H,11,14). The summed E-state index contributed by atoms with van der Waals surface area (Å²) in [7, 11) is 0. The Kier molecular flexibility index (Phi) is 3.68. The highest BCUT2D eigenvalue weighted by Crippen LogP contribution is 2.07. The second-order valence-corrected chi connectivity index (χ2v) is 3.38. The van der Waals surface area contributed by atoms with Crippen LogP contribution < -0.4 is 5.32 Å². The molecule has 0 fully saturated rings. The third-order valence-electron chi connectivity index (χ3n) is 2.16. The molecule has 1 amide bonds. The van der Waals surface area contributed by atoms with Gasteiger partial charge in [0, 0.05) is 18.4 Å². The average Bonchev–Trinajstić information content (AvgIpc) is 2.59. The van der Waals surface area contributed by atoms with Crippen LogP contribution in [0.25, 0.3) is 0 Å². The first-order valence-electron chi connectivity index (χ1n) is 4.94. The molecule has 1 unspecified atom stereocenters. The van der Waals surface area contributed by atoms with Gasteiger partial charge in [-0.2, -0.15) is 5.10 Å². The summed E-state index contributed by atoms with van der Waals surface area (Å²) in [4.78, 5) is 11.6. The minimum Gasteiger partial charge on any atom is -0.354 e. The molecule has 1 aromatic heterocycles. The summed E-state index contributed by atoms with van der Waals surface area (Å²) in [6.07, 6.45) is 2.66. The van der Waals surface area contributed by atoms with Gasteiger partial charge >= 0.3 is 0 Å². The van der Waals surface area contributed by atoms with Crippen molar-refractivity contribution in [2.75, 3.05) is 6.54 Å². The number of amides is 1. The molecule has 0 spiro atoms. The maximum Gasteiger partial charge on any atom is 0.244 e. The van der Waals surface area contributed by atoms with Gasteiger partial charge in [-0.3, -0.25) is 9.48 Å². The molecule has 0 saturated heterocycles. The molecule has 0 aliphatic heterocycles. The third-order valence-corrected chi connectivity index (χ3v) is 2.16. The topological polar surface area (TPSA) is 46.9 Å². The molecular weight excluding hydrogens is 178 g/mol. The number of nitrogens with one attached hydrogen (secondary N) is 1. The Morgan fingerprint density at radius 3 is 2.93 bits per heavy atom. The summed E-state index contributed by atoms with van der Waals surface area (Å²) in [5.41, 5.74) is 1.00. The van der Waals surface area contributed by atoms with Crippen molar-refractivity contribution in [3.8, 4) is 0 Å². The van der Waals surface area contributed by atoms with Crippen molar-refractivity contribution >= 4 is 5.91 Å². The van der Waals surface area contributed by atoms with E-state index in [1.807, 2.05) is 26.8 Å². The second kappa shape index (κ2) is 4.79. The molecule has 78 valence electrons. The Bertz CT molecular complexity index is 306. The van der Waals surface area contributed by atoms with Gasteiger partial charge < -0.3 is 5.32 Å². The number of carbonyl (C=O) groups is 1. The molecule has 1 rings (SSSR count). The second-order valence-electron chi connectivity index (χ2n) is 3.38. The van der Waals surface area contributed by atoms with E-state index in [0.717, 1.165) is 18.7 Å². The van der Waals surface area contributed by atoms with Crippen molar-refractivity contribution in [2.45, 2.75) is 33.2 Å². The van der Waals surface area contributed by atoms with Crippen LogP contribution >= 0.6 is 0 Å². The first-order valence-corrected chi connectivity index (χ1v) is 4.94. The molecular formula is C10H17N3O. The maximum atomic E-state index is 11.6. The highest BCUT2D eigenvalue weighted by atomic mass is 16.2. The predicted molar refractivity (Wildman–Crippen MR) is 55.0 cm³/mol. The molecule has 14 heavy (non-hydrogen) atoms. The number of aromatic nitrogens is 2. The molecule has 4 nitrogen and oxygen atoms in total. The number of carbonyl (C=O) groups excluding carboxylic acids is 1. The minimum absolute atomic E-state index is 0.0265. The van der Waals surface area contributed by atoms with E-state index < -0.39 is 0 Å². The van der Waals surface area contributed by atoms with Gasteiger partial charge in [-0.05, 0) is 26.3 Å². The van der Waals surface area contributed by atoms with Gasteiger partial charge in [0.2, 0.25) is 5.91 Å². The number of aryl methyl sites for hydroxylation is 1. The Balaban J connectivity index is 2.61. The molecule has 1 aromatic rings. The Labute approximate surface area is 84.3 Å². The molecule has 0 aromatic carbocycles. The minimum atomic E-state index is -0.225. The lowest BCUT2D eigenvalue weighted by atomic mass is 10.3. The number of rotatable bonds is 4. The van der Waals surface area contributed by atoms with Crippen molar-refractivity contribution < 1.29 is 4.79 Å². The zero-order chi connectivity index (χ0) is 10.6. The molecule has 1 atom stereocenters. The summed E-state index contributed by atoms with van der Waals surface area (Å²) < 4.78 is 1.73. The van der Waals surface area contributed by atoms with Gasteiger partial charge in [0.05, 0.1) is 0 Å². The van der Waals surface area contributed by atoms with Crippen molar-refractivity contribution in [1.29, 1.82) is 0 Å². The number of nitrogens with zero attached hydrogens (tertiary/aromatic N) is 2. The molecule has 0 bridgehead atoms. The van der Waals surface area contributed by atoms with Gasteiger partial charge in [0.1, 0.15) is 6.04 Å². The van der Waals surface area contributed by atoms with Crippen LogP contribution in [0.4, 0.5) is 0 Å². The van der Waals surface area contributed by atoms with Crippen LogP contribution in [0.3, 0.4) is 0 Å². The van der Waals surface area contributed by atoms with Crippen LogP contribution in [-0.2, 0) is 4.79 Å². The Morgan fingerprint density at radius 1 is 1.71 bits per heavy atom. The van der Waals surface area contributed by atoms with Gasteiger partial charge in [-0.15, -0.1) is 0 Å². The van der Waals surface area contributed by atoms with Gasteiger partial charge in [0.15, 0.2) is 0 Å². The van der Waals surface area contributed by atoms with Gasteiger partial charge in [-0.25, -0.2) is 0 Å². The smallest absolute Gasteiger partial charge is 0.244 e. The van der Waals surface area contributed by atoms with Crippen LogP contribution in [0.15, 0.2) is 12.3 Å². The fraction of sp³-hybridized carbons (Fsp3) is 0.600. The van der Waals surface area contributed by atoms with Crippen LogP contribution in [-0.4, -0.2) is 22.2 Å². The molecule has 4 heteroatoms. The fourth-order valence-corrected chi connectivity index (χ4v) is 1.29. The number of hydrogen-bond acceptors (Lipinski definition) is 2. The Hall–Kier alpha value is -1.32. The summed E-state index contributed by atoms with van der Waals surface area (Å²) in [6, 6.07) is 1.67. The molecule has 1 N–H and O–H groups in total. The first-order chi connectivity index (χ1) is 6.66. The van der Waals surface area contributed by atoms with E-state index in [-0.39, 0.29) is 11.9 Å². The van der Waals surface area contributed by atoms with Crippen LogP contribution in [0.2, 0.25) is 0 Å². The zero-order valence-corrected chi connectivity index (χ0v) is 8.95. The van der Waals surface area contributed by atoms with E-state index in [1.54, 1.807) is 10.9 Å². The monoisotopic (exact) mass is 195 g/mol. The fourth-order valence-electron chi connectivity index (χ4n) is 1.29. The molecule has 1 heterocycles. The average molecular weight is 195 g/mol. The van der Waals surface area contributed by atoms with Crippen molar-refractivity contribution in [1.82, 2.24) is 15.1 Å². The highest BCUT2D eigenvalue weighted by molar-refractivity contribution is 5.79. The van der Waals surface area contributed by atoms with Crippen molar-refractivity contribution in [3.05, 3.63) is 18.0 Å². The van der Waals surface area contributed by atoms with Crippen LogP contribution in [0.5, 0.6) is 0 Å². The molecule has 0 radical (unpaired) electrons. The zero-order valence-electron chi connectivity index (χ0n) is 8.95. The molecule has 0 aliphatic rings. The lowest BCUT2D eigenvalue weighted by Gasteiger charge is -2.13. The first kappa shape index (κ1) is 10.8. The van der Waals surface area contributed by atoms with E-state index in [9.17, 15) is 4.79 Å². The van der Waals surface area contributed by atoms with Crippen molar-refractivity contribution in [3.63, 3.8) is 0 Å². The third kappa shape index (κ3) is 2.34. The molecule has 0 aliphatic carbocycles. The SMILES string of the molecule is CCCNC(=O)C(C)n1nccc1C. The quantitative estimate of drug-likeness (QED) is 0.786. The summed E-state index contributed by atoms with van der Waals surface area (Å²) in [6.45, 7) is 6.55. The highest BCUT2D eigenvalue weighted by Gasteiger charge is 2.15. The lowest BCUT2D eigenvalue weighted by Crippen LogP contribution is -2.32. The van der Waals surface area contributed by atoms with Gasteiger partial charge in [-0.1, -0.05) is 6.92 Å². The van der Waals surface area contributed by atoms with Crippen LogP contribution in [0, 0.1) is 6.92 Å². The van der Waals surface area contributed by atoms with E-state index in [0.29, 0.717) is 0 Å².